The molecule has 4 rings (SSSR count). The maximum Gasteiger partial charge on any atom is 0.238 e. The third-order valence-corrected chi connectivity index (χ3v) is 5.85. The standard InChI is InChI=1S/C24H30N4O5/c1-28(2)13-23(31)27-15-6-7-20-18(9-15)19-10-17(32-21(14-29)24(19)33-20)11-22(30)26-12-16-5-3-4-8-25-16/h3-9,17,19,21,24,29H,10-14H2,1-2H3,(H,26,30)(H,27,31)/t17-,19+,21-,24-/m0/s1. The van der Waals surface area contributed by atoms with Gasteiger partial charge in [-0.3, -0.25) is 14.6 Å². The summed E-state index contributed by atoms with van der Waals surface area (Å²) >= 11 is 0. The van der Waals surface area contributed by atoms with Gasteiger partial charge >= 0.3 is 0 Å². The number of aliphatic hydroxyl groups is 1. The van der Waals surface area contributed by atoms with Crippen LogP contribution in [-0.4, -0.2) is 72.4 Å². The molecule has 1 aromatic carbocycles. The van der Waals surface area contributed by atoms with Gasteiger partial charge in [-0.05, 0) is 50.8 Å². The molecule has 0 unspecified atom stereocenters. The van der Waals surface area contributed by atoms with Gasteiger partial charge in [-0.2, -0.15) is 0 Å². The molecule has 2 aliphatic heterocycles. The van der Waals surface area contributed by atoms with E-state index < -0.39 is 6.10 Å². The lowest BCUT2D eigenvalue weighted by molar-refractivity contribution is -0.142. The van der Waals surface area contributed by atoms with Crippen molar-refractivity contribution in [2.24, 2.45) is 0 Å². The molecule has 9 nitrogen and oxygen atoms in total. The van der Waals surface area contributed by atoms with E-state index in [1.165, 1.54) is 0 Å². The molecule has 1 saturated heterocycles. The van der Waals surface area contributed by atoms with Crippen LogP contribution in [0.3, 0.4) is 0 Å². The SMILES string of the molecule is CN(C)CC(=O)Nc1ccc2c(c1)[C@H]1C[C@@H](CC(=O)NCc3ccccn3)O[C@@H](CO)[C@H]1O2. The highest BCUT2D eigenvalue weighted by molar-refractivity contribution is 5.92. The Hall–Kier alpha value is -3.01. The lowest BCUT2D eigenvalue weighted by atomic mass is 9.84. The van der Waals surface area contributed by atoms with Crippen LogP contribution >= 0.6 is 0 Å². The number of hydrogen-bond donors (Lipinski definition) is 3. The zero-order valence-electron chi connectivity index (χ0n) is 18.9. The highest BCUT2D eigenvalue weighted by Gasteiger charge is 2.46. The van der Waals surface area contributed by atoms with Crippen molar-refractivity contribution in [3.8, 4) is 5.75 Å². The molecule has 0 bridgehead atoms. The zero-order chi connectivity index (χ0) is 23.4. The normalized spacial score (nSPS) is 23.4. The van der Waals surface area contributed by atoms with Crippen molar-refractivity contribution in [2.45, 2.75) is 43.6 Å². The summed E-state index contributed by atoms with van der Waals surface area (Å²) in [4.78, 5) is 30.7. The number of amides is 2. The van der Waals surface area contributed by atoms with E-state index in [1.807, 2.05) is 44.4 Å². The van der Waals surface area contributed by atoms with Crippen LogP contribution in [0.2, 0.25) is 0 Å². The molecule has 0 saturated carbocycles. The van der Waals surface area contributed by atoms with Gasteiger partial charge in [0, 0.05) is 23.4 Å². The van der Waals surface area contributed by atoms with Crippen LogP contribution in [-0.2, 0) is 20.9 Å². The number of fused-ring (bicyclic) bond motifs is 3. The first-order valence-corrected chi connectivity index (χ1v) is 11.1. The van der Waals surface area contributed by atoms with Crippen molar-refractivity contribution in [1.29, 1.82) is 0 Å². The third-order valence-electron chi connectivity index (χ3n) is 5.85. The van der Waals surface area contributed by atoms with Crippen molar-refractivity contribution in [1.82, 2.24) is 15.2 Å². The second-order valence-corrected chi connectivity index (χ2v) is 8.74. The minimum absolute atomic E-state index is 0.0369. The van der Waals surface area contributed by atoms with Crippen LogP contribution in [0.25, 0.3) is 0 Å². The summed E-state index contributed by atoms with van der Waals surface area (Å²) in [7, 11) is 3.68. The number of nitrogens with zero attached hydrogens (tertiary/aromatic N) is 2. The smallest absolute Gasteiger partial charge is 0.238 e. The Morgan fingerprint density at radius 2 is 2.06 bits per heavy atom. The van der Waals surface area contributed by atoms with Crippen LogP contribution < -0.4 is 15.4 Å². The van der Waals surface area contributed by atoms with E-state index in [1.54, 1.807) is 17.2 Å². The van der Waals surface area contributed by atoms with Crippen LogP contribution in [0, 0.1) is 0 Å². The minimum atomic E-state index is -0.531. The monoisotopic (exact) mass is 454 g/mol. The van der Waals surface area contributed by atoms with E-state index in [0.717, 1.165) is 17.0 Å². The third kappa shape index (κ3) is 5.68. The van der Waals surface area contributed by atoms with Crippen LogP contribution in [0.5, 0.6) is 5.75 Å². The largest absolute Gasteiger partial charge is 0.487 e. The fourth-order valence-corrected chi connectivity index (χ4v) is 4.43. The van der Waals surface area contributed by atoms with Crippen molar-refractivity contribution >= 4 is 17.5 Å². The van der Waals surface area contributed by atoms with Crippen molar-refractivity contribution in [3.05, 3.63) is 53.9 Å². The first-order chi connectivity index (χ1) is 15.9. The summed E-state index contributed by atoms with van der Waals surface area (Å²) in [5, 5.41) is 15.7. The van der Waals surface area contributed by atoms with Gasteiger partial charge < -0.3 is 30.1 Å². The van der Waals surface area contributed by atoms with Gasteiger partial charge in [-0.25, -0.2) is 0 Å². The number of nitrogens with one attached hydrogen (secondary N) is 2. The number of anilines is 1. The number of benzene rings is 1. The van der Waals surface area contributed by atoms with E-state index in [-0.39, 0.29) is 49.5 Å². The number of pyridine rings is 1. The maximum atomic E-state index is 12.5. The van der Waals surface area contributed by atoms with E-state index in [2.05, 4.69) is 15.6 Å². The van der Waals surface area contributed by atoms with E-state index in [0.29, 0.717) is 18.7 Å². The number of hydrogen-bond acceptors (Lipinski definition) is 7. The topological polar surface area (TPSA) is 113 Å². The predicted molar refractivity (Wildman–Crippen MR) is 122 cm³/mol. The molecule has 3 heterocycles. The van der Waals surface area contributed by atoms with Crippen LogP contribution in [0.1, 0.15) is 30.0 Å². The van der Waals surface area contributed by atoms with E-state index >= 15 is 0 Å². The van der Waals surface area contributed by atoms with Crippen LogP contribution in [0.4, 0.5) is 5.69 Å². The summed E-state index contributed by atoms with van der Waals surface area (Å²) in [5.74, 6) is 0.450. The lowest BCUT2D eigenvalue weighted by Crippen LogP contribution is -2.47. The Morgan fingerprint density at radius 3 is 2.79 bits per heavy atom. The Balaban J connectivity index is 1.42. The number of rotatable bonds is 8. The molecule has 176 valence electrons. The van der Waals surface area contributed by atoms with Crippen molar-refractivity contribution in [2.75, 3.05) is 32.6 Å². The molecular formula is C24H30N4O5. The fourth-order valence-electron chi connectivity index (χ4n) is 4.43. The predicted octanol–water partition coefficient (Wildman–Crippen LogP) is 1.28. The first-order valence-electron chi connectivity index (χ1n) is 11.1. The van der Waals surface area contributed by atoms with Gasteiger partial charge in [-0.1, -0.05) is 6.07 Å². The summed E-state index contributed by atoms with van der Waals surface area (Å²) < 4.78 is 12.1. The quantitative estimate of drug-likeness (QED) is 0.551. The van der Waals surface area contributed by atoms with Gasteiger partial charge in [0.1, 0.15) is 18.0 Å². The molecule has 2 amide bonds. The first kappa shape index (κ1) is 23.2. The van der Waals surface area contributed by atoms with Gasteiger partial charge in [-0.15, -0.1) is 0 Å². The number of carbonyl (C=O) groups excluding carboxylic acids is 2. The Kier molecular flexibility index (Phi) is 7.22. The van der Waals surface area contributed by atoms with Crippen molar-refractivity contribution in [3.63, 3.8) is 0 Å². The number of aliphatic hydroxyl groups excluding tert-OH is 1. The zero-order valence-corrected chi connectivity index (χ0v) is 18.9. The average Bonchev–Trinajstić information content (AvgIpc) is 3.15. The molecule has 4 atom stereocenters. The van der Waals surface area contributed by atoms with Gasteiger partial charge in [0.05, 0.1) is 37.9 Å². The number of ether oxygens (including phenoxy) is 2. The molecule has 1 fully saturated rings. The Labute approximate surface area is 193 Å². The molecule has 0 radical (unpaired) electrons. The van der Waals surface area contributed by atoms with Gasteiger partial charge in [0.15, 0.2) is 0 Å². The Morgan fingerprint density at radius 1 is 1.21 bits per heavy atom. The molecule has 2 aromatic rings. The fraction of sp³-hybridized carbons (Fsp3) is 0.458. The number of carbonyl (C=O) groups is 2. The molecule has 0 spiro atoms. The van der Waals surface area contributed by atoms with E-state index in [4.69, 9.17) is 9.47 Å². The second kappa shape index (κ2) is 10.3. The highest BCUT2D eigenvalue weighted by Crippen LogP contribution is 2.47. The molecule has 33 heavy (non-hydrogen) atoms. The lowest BCUT2D eigenvalue weighted by Gasteiger charge is -2.37. The van der Waals surface area contributed by atoms with E-state index in [9.17, 15) is 14.7 Å². The average molecular weight is 455 g/mol. The number of aromatic nitrogens is 1. The summed E-state index contributed by atoms with van der Waals surface area (Å²) in [5.41, 5.74) is 2.44. The molecule has 9 heteroatoms. The summed E-state index contributed by atoms with van der Waals surface area (Å²) in [6.45, 7) is 0.438. The molecule has 3 N–H and O–H groups in total. The molecule has 0 aliphatic carbocycles. The summed E-state index contributed by atoms with van der Waals surface area (Å²) in [6, 6.07) is 11.1. The Bertz CT molecular complexity index is 984. The van der Waals surface area contributed by atoms with Gasteiger partial charge in [0.25, 0.3) is 0 Å². The molecule has 1 aromatic heterocycles. The van der Waals surface area contributed by atoms with Gasteiger partial charge in [0.2, 0.25) is 11.8 Å². The minimum Gasteiger partial charge on any atom is -0.487 e. The second-order valence-electron chi connectivity index (χ2n) is 8.74. The van der Waals surface area contributed by atoms with Crippen LogP contribution in [0.15, 0.2) is 42.6 Å². The summed E-state index contributed by atoms with van der Waals surface area (Å²) in [6.07, 6.45) is 1.24. The molecule has 2 aliphatic rings. The highest BCUT2D eigenvalue weighted by atomic mass is 16.6. The number of likely N-dealkylation sites (N-methyl/N-ethyl adjacent to an activating group) is 1. The molecular weight excluding hydrogens is 424 g/mol. The van der Waals surface area contributed by atoms with Crippen molar-refractivity contribution < 1.29 is 24.2 Å². The maximum absolute atomic E-state index is 12.5.